The molecule has 0 atom stereocenters. The number of aliphatic imine (C=N–C) groups is 1. The second kappa shape index (κ2) is 4.06. The number of hydrogen-bond acceptors (Lipinski definition) is 4. The fourth-order valence-electron chi connectivity index (χ4n) is 1.57. The summed E-state index contributed by atoms with van der Waals surface area (Å²) in [5.41, 5.74) is 2.65. The lowest BCUT2D eigenvalue weighted by Crippen LogP contribution is -1.94. The Balaban J connectivity index is 2.11. The Labute approximate surface area is 97.3 Å². The molecule has 2 heterocycles. The van der Waals surface area contributed by atoms with Crippen molar-refractivity contribution in [2.24, 2.45) is 4.99 Å². The fourth-order valence-corrected chi connectivity index (χ4v) is 2.17. The predicted octanol–water partition coefficient (Wildman–Crippen LogP) is 2.75. The van der Waals surface area contributed by atoms with Crippen LogP contribution in [0, 0.1) is 0 Å². The van der Waals surface area contributed by atoms with E-state index < -0.39 is 0 Å². The van der Waals surface area contributed by atoms with Crippen molar-refractivity contribution in [3.63, 3.8) is 0 Å². The minimum atomic E-state index is 0.835. The molecular formula is C12H9N3S. The van der Waals surface area contributed by atoms with Crippen LogP contribution in [0.15, 0.2) is 40.7 Å². The molecule has 3 nitrogen and oxygen atoms in total. The molecule has 0 spiro atoms. The largest absolute Gasteiger partial charge is 0.257 e. The van der Waals surface area contributed by atoms with E-state index in [0.29, 0.717) is 0 Å². The lowest BCUT2D eigenvalue weighted by Gasteiger charge is -2.05. The summed E-state index contributed by atoms with van der Waals surface area (Å²) in [5.74, 6) is 0.935. The van der Waals surface area contributed by atoms with Crippen LogP contribution in [0.5, 0.6) is 0 Å². The van der Waals surface area contributed by atoms with Gasteiger partial charge >= 0.3 is 0 Å². The van der Waals surface area contributed by atoms with Crippen LogP contribution in [0.2, 0.25) is 0 Å². The molecule has 2 aromatic rings. The average Bonchev–Trinajstić information content (AvgIpc) is 2.39. The number of aromatic nitrogens is 2. The third-order valence-electron chi connectivity index (χ3n) is 2.35. The van der Waals surface area contributed by atoms with Crippen LogP contribution in [0.4, 0.5) is 0 Å². The standard InChI is InChI=1S/C12H9N3S/c1-2-4-10-9(3-1)7-11(15-14-10)12-8-16-6-5-13-12/h1-5,7-8H,6H2. The molecule has 78 valence electrons. The number of hydrogen-bond donors (Lipinski definition) is 0. The smallest absolute Gasteiger partial charge is 0.112 e. The summed E-state index contributed by atoms with van der Waals surface area (Å²) >= 11 is 1.72. The first-order valence-corrected chi connectivity index (χ1v) is 6.05. The minimum absolute atomic E-state index is 0.835. The monoisotopic (exact) mass is 227 g/mol. The Hall–Kier alpha value is -1.68. The number of rotatable bonds is 1. The van der Waals surface area contributed by atoms with Crippen LogP contribution in [0.25, 0.3) is 16.6 Å². The van der Waals surface area contributed by atoms with Gasteiger partial charge in [-0.05, 0) is 17.5 Å². The van der Waals surface area contributed by atoms with E-state index in [0.717, 1.165) is 28.0 Å². The van der Waals surface area contributed by atoms with Crippen molar-refractivity contribution >= 4 is 34.6 Å². The van der Waals surface area contributed by atoms with Gasteiger partial charge in [-0.15, -0.1) is 22.0 Å². The van der Waals surface area contributed by atoms with Crippen molar-refractivity contribution in [2.75, 3.05) is 5.75 Å². The fraction of sp³-hybridized carbons (Fsp3) is 0.0833. The summed E-state index contributed by atoms with van der Waals surface area (Å²) in [7, 11) is 0. The van der Waals surface area contributed by atoms with E-state index in [2.05, 4.69) is 15.2 Å². The molecule has 0 aliphatic carbocycles. The van der Waals surface area contributed by atoms with Gasteiger partial charge in [0.05, 0.1) is 11.2 Å². The number of benzene rings is 1. The molecule has 0 saturated carbocycles. The van der Waals surface area contributed by atoms with Gasteiger partial charge in [-0.25, -0.2) is 0 Å². The number of nitrogens with zero attached hydrogens (tertiary/aromatic N) is 3. The SMILES string of the molecule is C1=NC(c2cc3ccccc3nn2)=CSC1. The summed E-state index contributed by atoms with van der Waals surface area (Å²) in [5, 5.41) is 11.5. The Bertz CT molecular complexity index is 590. The first kappa shape index (κ1) is 9.54. The van der Waals surface area contributed by atoms with Gasteiger partial charge in [0, 0.05) is 17.4 Å². The van der Waals surface area contributed by atoms with Gasteiger partial charge < -0.3 is 0 Å². The molecular weight excluding hydrogens is 218 g/mol. The predicted molar refractivity (Wildman–Crippen MR) is 68.5 cm³/mol. The maximum Gasteiger partial charge on any atom is 0.112 e. The molecule has 1 aromatic heterocycles. The highest BCUT2D eigenvalue weighted by molar-refractivity contribution is 8.02. The van der Waals surface area contributed by atoms with E-state index in [9.17, 15) is 0 Å². The van der Waals surface area contributed by atoms with Crippen molar-refractivity contribution < 1.29 is 0 Å². The first-order chi connectivity index (χ1) is 7.93. The minimum Gasteiger partial charge on any atom is -0.257 e. The van der Waals surface area contributed by atoms with E-state index in [1.807, 2.05) is 42.0 Å². The van der Waals surface area contributed by atoms with Crippen LogP contribution in [0.3, 0.4) is 0 Å². The van der Waals surface area contributed by atoms with Crippen molar-refractivity contribution in [3.05, 3.63) is 41.4 Å². The van der Waals surface area contributed by atoms with Crippen molar-refractivity contribution in [1.29, 1.82) is 0 Å². The van der Waals surface area contributed by atoms with Crippen molar-refractivity contribution in [3.8, 4) is 0 Å². The molecule has 0 bridgehead atoms. The van der Waals surface area contributed by atoms with Crippen LogP contribution >= 0.6 is 11.8 Å². The molecule has 1 aromatic carbocycles. The summed E-state index contributed by atoms with van der Waals surface area (Å²) in [6.07, 6.45) is 1.90. The maximum absolute atomic E-state index is 4.32. The summed E-state index contributed by atoms with van der Waals surface area (Å²) in [6.45, 7) is 0. The van der Waals surface area contributed by atoms with E-state index in [-0.39, 0.29) is 0 Å². The first-order valence-electron chi connectivity index (χ1n) is 5.01. The quantitative estimate of drug-likeness (QED) is 0.751. The lowest BCUT2D eigenvalue weighted by molar-refractivity contribution is 1.05. The van der Waals surface area contributed by atoms with E-state index >= 15 is 0 Å². The van der Waals surface area contributed by atoms with Crippen molar-refractivity contribution in [2.45, 2.75) is 0 Å². The number of thioether (sulfide) groups is 1. The van der Waals surface area contributed by atoms with Gasteiger partial charge in [0.25, 0.3) is 0 Å². The molecule has 0 unspecified atom stereocenters. The molecule has 0 amide bonds. The molecule has 0 saturated heterocycles. The van der Waals surface area contributed by atoms with Gasteiger partial charge in [-0.3, -0.25) is 4.99 Å². The molecule has 4 heteroatoms. The van der Waals surface area contributed by atoms with E-state index in [4.69, 9.17) is 0 Å². The molecule has 16 heavy (non-hydrogen) atoms. The zero-order chi connectivity index (χ0) is 10.8. The van der Waals surface area contributed by atoms with Crippen LogP contribution in [-0.4, -0.2) is 22.2 Å². The summed E-state index contributed by atoms with van der Waals surface area (Å²) < 4.78 is 0. The Morgan fingerprint density at radius 2 is 2.06 bits per heavy atom. The summed E-state index contributed by atoms with van der Waals surface area (Å²) in [6, 6.07) is 9.98. The Morgan fingerprint density at radius 3 is 2.94 bits per heavy atom. The normalized spacial score (nSPS) is 15.1. The number of fused-ring (bicyclic) bond motifs is 1. The third kappa shape index (κ3) is 1.72. The van der Waals surface area contributed by atoms with Crippen LogP contribution in [0.1, 0.15) is 5.69 Å². The van der Waals surface area contributed by atoms with E-state index in [1.54, 1.807) is 11.8 Å². The molecule has 0 radical (unpaired) electrons. The third-order valence-corrected chi connectivity index (χ3v) is 3.08. The molecule has 1 aliphatic rings. The highest BCUT2D eigenvalue weighted by Gasteiger charge is 2.06. The topological polar surface area (TPSA) is 38.1 Å². The second-order valence-electron chi connectivity index (χ2n) is 3.44. The lowest BCUT2D eigenvalue weighted by atomic mass is 10.2. The Kier molecular flexibility index (Phi) is 2.42. The van der Waals surface area contributed by atoms with E-state index in [1.165, 1.54) is 0 Å². The van der Waals surface area contributed by atoms with Crippen LogP contribution < -0.4 is 0 Å². The van der Waals surface area contributed by atoms with Crippen molar-refractivity contribution in [1.82, 2.24) is 10.2 Å². The highest BCUT2D eigenvalue weighted by atomic mass is 32.2. The van der Waals surface area contributed by atoms with Gasteiger partial charge in [0.1, 0.15) is 5.69 Å². The molecule has 0 N–H and O–H groups in total. The average molecular weight is 227 g/mol. The Morgan fingerprint density at radius 1 is 1.12 bits per heavy atom. The zero-order valence-electron chi connectivity index (χ0n) is 8.50. The summed E-state index contributed by atoms with van der Waals surface area (Å²) in [4.78, 5) is 4.32. The van der Waals surface area contributed by atoms with Gasteiger partial charge in [-0.2, -0.15) is 0 Å². The van der Waals surface area contributed by atoms with Gasteiger partial charge in [0.15, 0.2) is 0 Å². The van der Waals surface area contributed by atoms with Gasteiger partial charge in [0.2, 0.25) is 0 Å². The van der Waals surface area contributed by atoms with Crippen LogP contribution in [-0.2, 0) is 0 Å². The highest BCUT2D eigenvalue weighted by Crippen LogP contribution is 2.22. The molecule has 1 aliphatic heterocycles. The molecule has 3 rings (SSSR count). The zero-order valence-corrected chi connectivity index (χ0v) is 9.31. The maximum atomic E-state index is 4.32. The molecule has 0 fully saturated rings. The second-order valence-corrected chi connectivity index (χ2v) is 4.34. The van der Waals surface area contributed by atoms with Gasteiger partial charge in [-0.1, -0.05) is 18.2 Å².